The van der Waals surface area contributed by atoms with Gasteiger partial charge in [-0.05, 0) is 19.4 Å². The van der Waals surface area contributed by atoms with Gasteiger partial charge in [-0.2, -0.15) is 0 Å². The Labute approximate surface area is 102 Å². The van der Waals surface area contributed by atoms with Crippen molar-refractivity contribution in [2.24, 2.45) is 0 Å². The number of nitrogens with zero attached hydrogens (tertiary/aromatic N) is 3. The average Bonchev–Trinajstić information content (AvgIpc) is 2.79. The molecule has 0 saturated carbocycles. The normalized spacial score (nSPS) is 12.6. The molecule has 0 bridgehead atoms. The number of imidazole rings is 1. The Balaban J connectivity index is 2.40. The summed E-state index contributed by atoms with van der Waals surface area (Å²) in [5.74, 6) is 0. The number of aromatic nitrogens is 3. The van der Waals surface area contributed by atoms with Gasteiger partial charge in [0, 0.05) is 29.7 Å². The molecular formula is C13H18N4. The van der Waals surface area contributed by atoms with Gasteiger partial charge < -0.3 is 10.3 Å². The first-order chi connectivity index (χ1) is 8.24. The van der Waals surface area contributed by atoms with E-state index in [-0.39, 0.29) is 0 Å². The zero-order valence-electron chi connectivity index (χ0n) is 10.3. The number of pyridine rings is 1. The summed E-state index contributed by atoms with van der Waals surface area (Å²) in [5, 5.41) is 0. The zero-order chi connectivity index (χ0) is 12.3. The van der Waals surface area contributed by atoms with Crippen LogP contribution in [-0.2, 0) is 0 Å². The number of nitrogen functional groups attached to an aromatic ring is 1. The third kappa shape index (κ3) is 2.30. The number of rotatable bonds is 4. The molecule has 2 rings (SSSR count). The predicted octanol–water partition coefficient (Wildman–Crippen LogP) is 2.89. The van der Waals surface area contributed by atoms with Crippen molar-refractivity contribution in [3.63, 3.8) is 0 Å². The minimum absolute atomic E-state index is 0.428. The average molecular weight is 230 g/mol. The van der Waals surface area contributed by atoms with Crippen LogP contribution in [0.3, 0.4) is 0 Å². The number of anilines is 1. The summed E-state index contributed by atoms with van der Waals surface area (Å²) in [4.78, 5) is 8.35. The molecule has 2 N–H and O–H groups in total. The summed E-state index contributed by atoms with van der Waals surface area (Å²) in [6.07, 6.45) is 9.49. The van der Waals surface area contributed by atoms with Crippen LogP contribution in [0, 0.1) is 0 Å². The monoisotopic (exact) mass is 230 g/mol. The maximum atomic E-state index is 5.97. The molecule has 17 heavy (non-hydrogen) atoms. The highest BCUT2D eigenvalue weighted by atomic mass is 15.1. The van der Waals surface area contributed by atoms with Gasteiger partial charge in [-0.3, -0.25) is 4.98 Å². The zero-order valence-corrected chi connectivity index (χ0v) is 10.3. The van der Waals surface area contributed by atoms with E-state index in [0.29, 0.717) is 6.04 Å². The molecule has 90 valence electrons. The van der Waals surface area contributed by atoms with Crippen molar-refractivity contribution in [1.82, 2.24) is 14.5 Å². The fourth-order valence-electron chi connectivity index (χ4n) is 2.04. The van der Waals surface area contributed by atoms with Crippen molar-refractivity contribution in [3.8, 4) is 11.3 Å². The van der Waals surface area contributed by atoms with E-state index in [1.54, 1.807) is 12.4 Å². The Kier molecular flexibility index (Phi) is 3.42. The van der Waals surface area contributed by atoms with Crippen LogP contribution < -0.4 is 5.73 Å². The molecule has 0 amide bonds. The number of hydrogen-bond donors (Lipinski definition) is 1. The van der Waals surface area contributed by atoms with E-state index in [1.807, 2.05) is 18.6 Å². The van der Waals surface area contributed by atoms with Crippen LogP contribution >= 0.6 is 0 Å². The minimum Gasteiger partial charge on any atom is -0.398 e. The van der Waals surface area contributed by atoms with Gasteiger partial charge in [0.2, 0.25) is 0 Å². The molecule has 0 radical (unpaired) electrons. The van der Waals surface area contributed by atoms with Gasteiger partial charge in [-0.25, -0.2) is 4.98 Å². The molecular weight excluding hydrogens is 212 g/mol. The van der Waals surface area contributed by atoms with Gasteiger partial charge in [0.25, 0.3) is 0 Å². The van der Waals surface area contributed by atoms with E-state index in [4.69, 9.17) is 5.73 Å². The molecule has 4 nitrogen and oxygen atoms in total. The summed E-state index contributed by atoms with van der Waals surface area (Å²) in [7, 11) is 0. The van der Waals surface area contributed by atoms with Gasteiger partial charge in [-0.1, -0.05) is 13.3 Å². The fourth-order valence-corrected chi connectivity index (χ4v) is 2.04. The van der Waals surface area contributed by atoms with E-state index < -0.39 is 0 Å². The molecule has 2 aromatic heterocycles. The van der Waals surface area contributed by atoms with Crippen LogP contribution in [0.1, 0.15) is 32.7 Å². The Morgan fingerprint density at radius 1 is 1.35 bits per heavy atom. The second-order valence-electron chi connectivity index (χ2n) is 4.29. The molecule has 1 unspecified atom stereocenters. The molecule has 0 aliphatic carbocycles. The highest BCUT2D eigenvalue weighted by Gasteiger charge is 2.12. The molecule has 0 fully saturated rings. The molecule has 1 atom stereocenters. The fraction of sp³-hybridized carbons (Fsp3) is 0.385. The molecule has 0 aromatic carbocycles. The molecule has 0 aliphatic heterocycles. The third-order valence-corrected chi connectivity index (χ3v) is 2.98. The first-order valence-corrected chi connectivity index (χ1v) is 5.95. The molecule has 2 heterocycles. The van der Waals surface area contributed by atoms with E-state index in [1.165, 1.54) is 0 Å². The molecule has 0 saturated heterocycles. The summed E-state index contributed by atoms with van der Waals surface area (Å²) < 4.78 is 2.16. The van der Waals surface area contributed by atoms with Crippen molar-refractivity contribution in [2.45, 2.75) is 32.7 Å². The minimum atomic E-state index is 0.428. The predicted molar refractivity (Wildman–Crippen MR) is 69.5 cm³/mol. The van der Waals surface area contributed by atoms with Crippen molar-refractivity contribution < 1.29 is 0 Å². The van der Waals surface area contributed by atoms with Gasteiger partial charge >= 0.3 is 0 Å². The molecule has 0 spiro atoms. The van der Waals surface area contributed by atoms with Crippen LogP contribution in [0.5, 0.6) is 0 Å². The Morgan fingerprint density at radius 3 is 2.88 bits per heavy atom. The second kappa shape index (κ2) is 4.99. The first kappa shape index (κ1) is 11.6. The quantitative estimate of drug-likeness (QED) is 0.878. The molecule has 4 heteroatoms. The van der Waals surface area contributed by atoms with E-state index in [9.17, 15) is 0 Å². The molecule has 0 aliphatic rings. The van der Waals surface area contributed by atoms with E-state index >= 15 is 0 Å². The van der Waals surface area contributed by atoms with Crippen LogP contribution in [0.4, 0.5) is 5.69 Å². The van der Waals surface area contributed by atoms with Crippen LogP contribution in [0.15, 0.2) is 31.0 Å². The van der Waals surface area contributed by atoms with Gasteiger partial charge in [0.1, 0.15) is 0 Å². The van der Waals surface area contributed by atoms with Crippen LogP contribution in [0.2, 0.25) is 0 Å². The summed E-state index contributed by atoms with van der Waals surface area (Å²) in [5.41, 5.74) is 8.71. The standard InChI is InChI=1S/C13H18N4/c1-3-4-10(2)17-9-16-8-13(17)11-7-15-6-5-12(11)14/h5-10H,3-4H2,1-2H3,(H2,14,15). The third-order valence-electron chi connectivity index (χ3n) is 2.98. The van der Waals surface area contributed by atoms with Gasteiger partial charge in [-0.15, -0.1) is 0 Å². The van der Waals surface area contributed by atoms with Crippen molar-refractivity contribution in [1.29, 1.82) is 0 Å². The molecule has 2 aromatic rings. The van der Waals surface area contributed by atoms with E-state index in [2.05, 4.69) is 28.4 Å². The first-order valence-electron chi connectivity index (χ1n) is 5.95. The topological polar surface area (TPSA) is 56.7 Å². The highest BCUT2D eigenvalue weighted by molar-refractivity contribution is 5.72. The number of nitrogens with two attached hydrogens (primary N) is 1. The maximum absolute atomic E-state index is 5.97. The van der Waals surface area contributed by atoms with Crippen molar-refractivity contribution >= 4 is 5.69 Å². The largest absolute Gasteiger partial charge is 0.398 e. The lowest BCUT2D eigenvalue weighted by atomic mass is 10.1. The smallest absolute Gasteiger partial charge is 0.0953 e. The Morgan fingerprint density at radius 2 is 2.18 bits per heavy atom. The Hall–Kier alpha value is -1.84. The van der Waals surface area contributed by atoms with Crippen LogP contribution in [0.25, 0.3) is 11.3 Å². The van der Waals surface area contributed by atoms with Gasteiger partial charge in [0.15, 0.2) is 0 Å². The number of hydrogen-bond acceptors (Lipinski definition) is 3. The van der Waals surface area contributed by atoms with Gasteiger partial charge in [0.05, 0.1) is 18.2 Å². The SMILES string of the molecule is CCCC(C)n1cncc1-c1cnccc1N. The van der Waals surface area contributed by atoms with Crippen molar-refractivity contribution in [2.75, 3.05) is 5.73 Å². The lowest BCUT2D eigenvalue weighted by Gasteiger charge is -2.16. The van der Waals surface area contributed by atoms with Crippen LogP contribution in [-0.4, -0.2) is 14.5 Å². The maximum Gasteiger partial charge on any atom is 0.0953 e. The highest BCUT2D eigenvalue weighted by Crippen LogP contribution is 2.27. The summed E-state index contributed by atoms with van der Waals surface area (Å²) in [6, 6.07) is 2.24. The lowest BCUT2D eigenvalue weighted by molar-refractivity contribution is 0.504. The Bertz CT molecular complexity index is 490. The second-order valence-corrected chi connectivity index (χ2v) is 4.29. The van der Waals surface area contributed by atoms with Crippen molar-refractivity contribution in [3.05, 3.63) is 31.0 Å². The lowest BCUT2D eigenvalue weighted by Crippen LogP contribution is -2.06. The summed E-state index contributed by atoms with van der Waals surface area (Å²) >= 11 is 0. The van der Waals surface area contributed by atoms with E-state index in [0.717, 1.165) is 29.8 Å². The summed E-state index contributed by atoms with van der Waals surface area (Å²) in [6.45, 7) is 4.38.